The Labute approximate surface area is 273 Å². The maximum Gasteiger partial charge on any atom is 0.239 e. The largest absolute Gasteiger partial charge is 0.492 e. The van der Waals surface area contributed by atoms with E-state index in [9.17, 15) is 14.4 Å². The van der Waals surface area contributed by atoms with Crippen molar-refractivity contribution < 1.29 is 19.1 Å². The lowest BCUT2D eigenvalue weighted by Gasteiger charge is -2.15. The fraction of sp³-hybridized carbons (Fsp3) is 0.571. The number of hydrogen-bond acceptors (Lipinski definition) is 5. The highest BCUT2D eigenvalue weighted by Crippen LogP contribution is 2.24. The third-order valence-corrected chi connectivity index (χ3v) is 5.69. The van der Waals surface area contributed by atoms with Crippen LogP contribution in [0.25, 0.3) is 0 Å². The Morgan fingerprint density at radius 1 is 0.909 bits per heavy atom. The minimum atomic E-state index is -0.298. The second-order valence-electron chi connectivity index (χ2n) is 9.30. The number of aryl methyl sites for hydroxylation is 3. The number of halogens is 1. The number of likely N-dealkylation sites (N-methyl/N-ethyl adjacent to an activating group) is 1. The number of carbonyl (C=O) groups is 3. The van der Waals surface area contributed by atoms with Crippen LogP contribution in [-0.2, 0) is 27.2 Å². The standard InChI is InChI=1S/C19H29ClN4O4.C9H12.C3H8.2C2H6/c1-13(19(27)21-3)22-9-10-28-17-11-16(20)7-6-15(17)5-4-8-23-18(26)12-24-14(2)25;1-3-9-6-4-8(2)5-7-9;1-3-2;2*1-2/h6-7,11,13,22H,4-5,8-10,12H2,1-3H3,(H,21,27)(H,23,26)(H,24,25);4-7H,3H2,1-2H3;3H2,1-2H3;2*1-2H3. The number of benzene rings is 2. The van der Waals surface area contributed by atoms with Crippen molar-refractivity contribution in [3.05, 3.63) is 64.2 Å². The summed E-state index contributed by atoms with van der Waals surface area (Å²) in [7, 11) is 1.59. The van der Waals surface area contributed by atoms with Gasteiger partial charge in [-0.3, -0.25) is 14.4 Å². The first-order valence-electron chi connectivity index (χ1n) is 16.0. The van der Waals surface area contributed by atoms with Gasteiger partial charge in [0, 0.05) is 32.1 Å². The van der Waals surface area contributed by atoms with E-state index in [0.29, 0.717) is 36.9 Å². The van der Waals surface area contributed by atoms with E-state index in [1.165, 1.54) is 24.5 Å². The summed E-state index contributed by atoms with van der Waals surface area (Å²) in [4.78, 5) is 33.8. The monoisotopic (exact) mass is 636 g/mol. The molecule has 0 aliphatic carbocycles. The molecule has 0 aromatic heterocycles. The number of rotatable bonds is 13. The molecule has 1 unspecified atom stereocenters. The normalized spacial score (nSPS) is 9.91. The molecule has 2 aromatic carbocycles. The van der Waals surface area contributed by atoms with E-state index < -0.39 is 0 Å². The van der Waals surface area contributed by atoms with Gasteiger partial charge in [-0.1, -0.05) is 102 Å². The molecule has 44 heavy (non-hydrogen) atoms. The molecule has 2 aromatic rings. The highest BCUT2D eigenvalue weighted by molar-refractivity contribution is 6.30. The number of nitrogens with one attached hydrogen (secondary N) is 4. The van der Waals surface area contributed by atoms with Crippen molar-refractivity contribution in [1.29, 1.82) is 0 Å². The van der Waals surface area contributed by atoms with E-state index in [2.05, 4.69) is 73.2 Å². The van der Waals surface area contributed by atoms with Gasteiger partial charge in [0.1, 0.15) is 12.4 Å². The Balaban J connectivity index is -0.000000862. The Hall–Kier alpha value is -3.10. The summed E-state index contributed by atoms with van der Waals surface area (Å²) in [6.07, 6.45) is 3.81. The van der Waals surface area contributed by atoms with Crippen LogP contribution in [0.3, 0.4) is 0 Å². The molecule has 0 radical (unpaired) electrons. The van der Waals surface area contributed by atoms with Crippen molar-refractivity contribution in [3.8, 4) is 5.75 Å². The van der Waals surface area contributed by atoms with Crippen LogP contribution in [0.4, 0.5) is 0 Å². The summed E-state index contributed by atoms with van der Waals surface area (Å²) in [5.74, 6) is 0.145. The van der Waals surface area contributed by atoms with Gasteiger partial charge in [-0.05, 0) is 56.4 Å². The van der Waals surface area contributed by atoms with Crippen LogP contribution in [0.2, 0.25) is 5.02 Å². The molecule has 0 aliphatic heterocycles. The second kappa shape index (κ2) is 31.3. The van der Waals surface area contributed by atoms with E-state index in [1.807, 2.05) is 33.8 Å². The molecule has 2 rings (SSSR count). The Bertz CT molecular complexity index is 1000. The lowest BCUT2D eigenvalue weighted by atomic mass is 10.1. The molecule has 0 bridgehead atoms. The predicted octanol–water partition coefficient (Wildman–Crippen LogP) is 6.65. The smallest absolute Gasteiger partial charge is 0.239 e. The molecule has 4 N–H and O–H groups in total. The highest BCUT2D eigenvalue weighted by Gasteiger charge is 2.10. The molecule has 9 heteroatoms. The van der Waals surface area contributed by atoms with E-state index in [1.54, 1.807) is 26.1 Å². The summed E-state index contributed by atoms with van der Waals surface area (Å²) >= 11 is 6.06. The van der Waals surface area contributed by atoms with Crippen molar-refractivity contribution in [2.24, 2.45) is 0 Å². The van der Waals surface area contributed by atoms with Crippen molar-refractivity contribution in [2.45, 2.75) is 101 Å². The maximum atomic E-state index is 11.6. The van der Waals surface area contributed by atoms with Gasteiger partial charge in [-0.2, -0.15) is 0 Å². The molecule has 0 fully saturated rings. The molecule has 0 saturated heterocycles. The molecule has 0 aliphatic rings. The van der Waals surface area contributed by atoms with E-state index >= 15 is 0 Å². The highest BCUT2D eigenvalue weighted by atomic mass is 35.5. The van der Waals surface area contributed by atoms with Crippen LogP contribution in [0.15, 0.2) is 42.5 Å². The van der Waals surface area contributed by atoms with Crippen LogP contribution < -0.4 is 26.0 Å². The molecule has 8 nitrogen and oxygen atoms in total. The van der Waals surface area contributed by atoms with Crippen LogP contribution in [0, 0.1) is 6.92 Å². The first-order valence-corrected chi connectivity index (χ1v) is 16.4. The maximum absolute atomic E-state index is 11.6. The van der Waals surface area contributed by atoms with E-state index in [-0.39, 0.29) is 30.3 Å². The van der Waals surface area contributed by atoms with Crippen LogP contribution in [0.1, 0.15) is 91.8 Å². The van der Waals surface area contributed by atoms with Gasteiger partial charge in [-0.15, -0.1) is 0 Å². The summed E-state index contributed by atoms with van der Waals surface area (Å²) in [6.45, 7) is 21.1. The first-order chi connectivity index (χ1) is 21.1. The SMILES string of the molecule is CC.CC.CCC.CCc1ccc(C)cc1.CNC(=O)C(C)NCCOc1cc(Cl)ccc1CCCNC(=O)CNC(C)=O. The zero-order chi connectivity index (χ0) is 34.3. The first kappa shape index (κ1) is 45.3. The van der Waals surface area contributed by atoms with Crippen LogP contribution in [-0.4, -0.2) is 57.1 Å². The minimum Gasteiger partial charge on any atom is -0.492 e. The molecular formula is C35H61ClN4O4. The van der Waals surface area contributed by atoms with Gasteiger partial charge in [-0.25, -0.2) is 0 Å². The number of carbonyl (C=O) groups excluding carboxylic acids is 3. The average molecular weight is 637 g/mol. The topological polar surface area (TPSA) is 109 Å². The average Bonchev–Trinajstić information content (AvgIpc) is 3.03. The summed E-state index contributed by atoms with van der Waals surface area (Å²) in [5.41, 5.74) is 3.74. The summed E-state index contributed by atoms with van der Waals surface area (Å²) < 4.78 is 5.81. The minimum absolute atomic E-state index is 0.0217. The third-order valence-electron chi connectivity index (χ3n) is 5.45. The van der Waals surface area contributed by atoms with Gasteiger partial charge in [0.05, 0.1) is 12.6 Å². The Morgan fingerprint density at radius 2 is 1.50 bits per heavy atom. The Kier molecular flexibility index (Phi) is 32.3. The fourth-order valence-electron chi connectivity index (χ4n) is 3.21. The van der Waals surface area contributed by atoms with Gasteiger partial charge < -0.3 is 26.0 Å². The second-order valence-corrected chi connectivity index (χ2v) is 9.74. The fourth-order valence-corrected chi connectivity index (χ4v) is 3.37. The van der Waals surface area contributed by atoms with Gasteiger partial charge in [0.25, 0.3) is 0 Å². The number of ether oxygens (including phenoxy) is 1. The molecule has 0 saturated carbocycles. The number of amides is 3. The van der Waals surface area contributed by atoms with Gasteiger partial charge in [0.2, 0.25) is 17.7 Å². The number of hydrogen-bond donors (Lipinski definition) is 4. The lowest BCUT2D eigenvalue weighted by Crippen LogP contribution is -2.42. The van der Waals surface area contributed by atoms with Crippen molar-refractivity contribution in [2.75, 3.05) is 33.3 Å². The zero-order valence-electron chi connectivity index (χ0n) is 29.3. The summed E-state index contributed by atoms with van der Waals surface area (Å²) in [5, 5.41) is 11.4. The van der Waals surface area contributed by atoms with Crippen molar-refractivity contribution in [3.63, 3.8) is 0 Å². The van der Waals surface area contributed by atoms with E-state index in [4.69, 9.17) is 16.3 Å². The predicted molar refractivity (Wildman–Crippen MR) is 188 cm³/mol. The molecule has 1 atom stereocenters. The van der Waals surface area contributed by atoms with Crippen molar-refractivity contribution >= 4 is 29.3 Å². The van der Waals surface area contributed by atoms with Crippen molar-refractivity contribution in [1.82, 2.24) is 21.3 Å². The Morgan fingerprint density at radius 3 is 2.02 bits per heavy atom. The lowest BCUT2D eigenvalue weighted by molar-refractivity contribution is -0.125. The molecule has 0 heterocycles. The van der Waals surface area contributed by atoms with Gasteiger partial charge >= 0.3 is 0 Å². The van der Waals surface area contributed by atoms with Gasteiger partial charge in [0.15, 0.2) is 0 Å². The van der Waals surface area contributed by atoms with Crippen LogP contribution in [0.5, 0.6) is 5.75 Å². The molecule has 252 valence electrons. The van der Waals surface area contributed by atoms with E-state index in [0.717, 1.165) is 18.4 Å². The zero-order valence-corrected chi connectivity index (χ0v) is 30.0. The molecule has 3 amide bonds. The molecular weight excluding hydrogens is 576 g/mol. The quantitative estimate of drug-likeness (QED) is 0.184. The molecule has 0 spiro atoms. The third kappa shape index (κ3) is 25.4. The van der Waals surface area contributed by atoms with Crippen LogP contribution >= 0.6 is 11.6 Å². The summed E-state index contributed by atoms with van der Waals surface area (Å²) in [6, 6.07) is 13.8.